The Morgan fingerprint density at radius 1 is 1.22 bits per heavy atom. The van der Waals surface area contributed by atoms with Gasteiger partial charge in [-0.2, -0.15) is 0 Å². The molecule has 32 heavy (non-hydrogen) atoms. The van der Waals surface area contributed by atoms with Crippen molar-refractivity contribution in [3.8, 4) is 5.75 Å². The first kappa shape index (κ1) is 21.8. The molecule has 0 bridgehead atoms. The minimum Gasteiger partial charge on any atom is -0.489 e. The first-order valence-electron chi connectivity index (χ1n) is 10.8. The van der Waals surface area contributed by atoms with Gasteiger partial charge in [0.1, 0.15) is 30.3 Å². The summed E-state index contributed by atoms with van der Waals surface area (Å²) in [5.74, 6) is -0.536. The van der Waals surface area contributed by atoms with Gasteiger partial charge in [-0.05, 0) is 48.6 Å². The van der Waals surface area contributed by atoms with Crippen molar-refractivity contribution in [1.82, 2.24) is 10.2 Å². The lowest BCUT2D eigenvalue weighted by molar-refractivity contribution is -0.136. The molecule has 0 aromatic heterocycles. The number of amides is 4. The molecule has 4 rings (SSSR count). The summed E-state index contributed by atoms with van der Waals surface area (Å²) < 4.78 is 18.7. The number of hydrogen-bond acceptors (Lipinski definition) is 4. The van der Waals surface area contributed by atoms with Crippen LogP contribution in [0.2, 0.25) is 0 Å². The van der Waals surface area contributed by atoms with Crippen LogP contribution >= 0.6 is 0 Å². The number of nitrogens with zero attached hydrogens (tertiary/aromatic N) is 1. The number of imide groups is 1. The maximum Gasteiger partial charge on any atom is 0.325 e. The van der Waals surface area contributed by atoms with Crippen LogP contribution in [0.4, 0.5) is 14.9 Å². The van der Waals surface area contributed by atoms with Gasteiger partial charge in [0.05, 0.1) is 0 Å². The minimum atomic E-state index is -0.885. The largest absolute Gasteiger partial charge is 0.489 e. The number of rotatable bonds is 6. The van der Waals surface area contributed by atoms with Gasteiger partial charge in [-0.1, -0.05) is 38.0 Å². The van der Waals surface area contributed by atoms with E-state index in [0.717, 1.165) is 29.7 Å². The number of hydrogen-bond donors (Lipinski definition) is 2. The van der Waals surface area contributed by atoms with Gasteiger partial charge in [0, 0.05) is 11.8 Å². The Labute approximate surface area is 185 Å². The highest BCUT2D eigenvalue weighted by Crippen LogP contribution is 2.38. The van der Waals surface area contributed by atoms with Gasteiger partial charge in [-0.15, -0.1) is 0 Å². The Morgan fingerprint density at radius 2 is 2.00 bits per heavy atom. The number of nitrogens with one attached hydrogen (secondary N) is 2. The molecule has 2 N–H and O–H groups in total. The number of carbonyl (C=O) groups is 3. The fraction of sp³-hybridized carbons (Fsp3) is 0.375. The van der Waals surface area contributed by atoms with Gasteiger partial charge in [0.25, 0.3) is 5.91 Å². The minimum absolute atomic E-state index is 0.0377. The Morgan fingerprint density at radius 3 is 2.75 bits per heavy atom. The zero-order valence-electron chi connectivity index (χ0n) is 17.9. The van der Waals surface area contributed by atoms with Crippen molar-refractivity contribution < 1.29 is 23.5 Å². The molecule has 2 unspecified atom stereocenters. The number of benzene rings is 2. The van der Waals surface area contributed by atoms with Crippen molar-refractivity contribution in [2.75, 3.05) is 11.9 Å². The summed E-state index contributed by atoms with van der Waals surface area (Å²) >= 11 is 0. The van der Waals surface area contributed by atoms with Crippen molar-refractivity contribution >= 4 is 23.5 Å². The summed E-state index contributed by atoms with van der Waals surface area (Å²) in [5.41, 5.74) is 0.411. The molecule has 2 atom stereocenters. The molecule has 168 valence electrons. The van der Waals surface area contributed by atoms with Crippen LogP contribution in [0.25, 0.3) is 0 Å². The van der Waals surface area contributed by atoms with Crippen molar-refractivity contribution in [1.29, 1.82) is 0 Å². The zero-order valence-corrected chi connectivity index (χ0v) is 17.9. The highest BCUT2D eigenvalue weighted by atomic mass is 19.1. The molecule has 1 saturated heterocycles. The second kappa shape index (κ2) is 8.98. The van der Waals surface area contributed by atoms with Crippen LogP contribution in [0.3, 0.4) is 0 Å². The topological polar surface area (TPSA) is 87.7 Å². The van der Waals surface area contributed by atoms with Crippen molar-refractivity contribution in [2.24, 2.45) is 5.92 Å². The second-order valence-corrected chi connectivity index (χ2v) is 8.43. The predicted octanol–water partition coefficient (Wildman–Crippen LogP) is 3.84. The quantitative estimate of drug-likeness (QED) is 0.670. The summed E-state index contributed by atoms with van der Waals surface area (Å²) in [7, 11) is 0. The van der Waals surface area contributed by atoms with E-state index in [-0.39, 0.29) is 30.8 Å². The third-order valence-electron chi connectivity index (χ3n) is 6.24. The highest BCUT2D eigenvalue weighted by molar-refractivity contribution is 6.10. The maximum atomic E-state index is 13.0. The number of carbonyl (C=O) groups excluding carboxylic acids is 3. The van der Waals surface area contributed by atoms with Crippen LogP contribution in [0.15, 0.2) is 48.5 Å². The smallest absolute Gasteiger partial charge is 0.325 e. The average molecular weight is 439 g/mol. The van der Waals surface area contributed by atoms with Crippen LogP contribution in [0.1, 0.15) is 38.2 Å². The van der Waals surface area contributed by atoms with Crippen molar-refractivity contribution in [2.45, 2.75) is 44.8 Å². The molecule has 2 fully saturated rings. The maximum absolute atomic E-state index is 13.0. The van der Waals surface area contributed by atoms with E-state index >= 15 is 0 Å². The van der Waals surface area contributed by atoms with E-state index in [1.807, 2.05) is 6.92 Å². The van der Waals surface area contributed by atoms with E-state index in [4.69, 9.17) is 4.74 Å². The Hall–Kier alpha value is -3.42. The molecule has 2 aromatic rings. The molecule has 2 aliphatic rings. The summed E-state index contributed by atoms with van der Waals surface area (Å²) in [6.45, 7) is 1.87. The van der Waals surface area contributed by atoms with Crippen LogP contribution in [0.5, 0.6) is 5.75 Å². The highest BCUT2D eigenvalue weighted by Gasteiger charge is 2.55. The molecule has 0 radical (unpaired) electrons. The average Bonchev–Trinajstić information content (AvgIpc) is 3.00. The molecule has 2 aromatic carbocycles. The normalized spacial score (nSPS) is 22.7. The molecule has 1 heterocycles. The van der Waals surface area contributed by atoms with Gasteiger partial charge in [0.15, 0.2) is 0 Å². The summed E-state index contributed by atoms with van der Waals surface area (Å²) in [5, 5.41) is 5.56. The van der Waals surface area contributed by atoms with Crippen molar-refractivity contribution in [3.05, 3.63) is 59.9 Å². The van der Waals surface area contributed by atoms with Crippen LogP contribution in [-0.2, 0) is 16.2 Å². The first-order valence-corrected chi connectivity index (χ1v) is 10.8. The van der Waals surface area contributed by atoms with Gasteiger partial charge in [0.2, 0.25) is 5.91 Å². The summed E-state index contributed by atoms with van der Waals surface area (Å²) in [6, 6.07) is 12.3. The molecule has 1 aliphatic carbocycles. The lowest BCUT2D eigenvalue weighted by Crippen LogP contribution is -2.54. The van der Waals surface area contributed by atoms with Gasteiger partial charge < -0.3 is 15.4 Å². The molecule has 7 nitrogen and oxygen atoms in total. The van der Waals surface area contributed by atoms with Crippen LogP contribution < -0.4 is 15.4 Å². The molecular formula is C24H26FN3O4. The van der Waals surface area contributed by atoms with Gasteiger partial charge in [-0.25, -0.2) is 9.18 Å². The third-order valence-corrected chi connectivity index (χ3v) is 6.24. The van der Waals surface area contributed by atoms with E-state index in [0.29, 0.717) is 17.9 Å². The molecule has 1 spiro atoms. The molecule has 1 saturated carbocycles. The second-order valence-electron chi connectivity index (χ2n) is 8.43. The van der Waals surface area contributed by atoms with Gasteiger partial charge >= 0.3 is 6.03 Å². The van der Waals surface area contributed by atoms with E-state index in [9.17, 15) is 18.8 Å². The Balaban J connectivity index is 1.36. The number of ether oxygens (including phenoxy) is 1. The third kappa shape index (κ3) is 4.44. The van der Waals surface area contributed by atoms with Crippen molar-refractivity contribution in [3.63, 3.8) is 0 Å². The number of halogens is 1. The Bertz CT molecular complexity index is 1030. The van der Waals surface area contributed by atoms with E-state index in [1.54, 1.807) is 36.4 Å². The SMILES string of the molecule is CC1CCCCC12NC(=O)N(CC(=O)Nc1cccc(OCc3ccc(F)cc3)c1)C2=O. The lowest BCUT2D eigenvalue weighted by Gasteiger charge is -2.36. The predicted molar refractivity (Wildman–Crippen MR) is 116 cm³/mol. The fourth-order valence-corrected chi connectivity index (χ4v) is 4.39. The van der Waals surface area contributed by atoms with Gasteiger partial charge in [-0.3, -0.25) is 14.5 Å². The van der Waals surface area contributed by atoms with E-state index < -0.39 is 17.5 Å². The number of anilines is 1. The lowest BCUT2D eigenvalue weighted by atomic mass is 9.73. The standard InChI is InChI=1S/C24H26FN3O4/c1-16-5-2-3-12-24(16)22(30)28(23(31)27-24)14-21(29)26-19-6-4-7-20(13-19)32-15-17-8-10-18(25)11-9-17/h4,6-11,13,16H,2-3,5,12,14-15H2,1H3,(H,26,29)(H,27,31). The molecule has 4 amide bonds. The first-order chi connectivity index (χ1) is 15.4. The van der Waals surface area contributed by atoms with Crippen LogP contribution in [-0.4, -0.2) is 34.8 Å². The Kier molecular flexibility index (Phi) is 6.12. The fourth-order valence-electron chi connectivity index (χ4n) is 4.39. The summed E-state index contributed by atoms with van der Waals surface area (Å²) in [4.78, 5) is 39.0. The zero-order chi connectivity index (χ0) is 22.7. The molecule has 8 heteroatoms. The molecular weight excluding hydrogens is 413 g/mol. The van der Waals surface area contributed by atoms with Crippen LogP contribution in [0, 0.1) is 11.7 Å². The summed E-state index contributed by atoms with van der Waals surface area (Å²) in [6.07, 6.45) is 3.38. The molecule has 1 aliphatic heterocycles. The monoisotopic (exact) mass is 439 g/mol. The van der Waals surface area contributed by atoms with E-state index in [1.165, 1.54) is 12.1 Å². The number of urea groups is 1. The van der Waals surface area contributed by atoms with E-state index in [2.05, 4.69) is 10.6 Å².